The number of nitrogens with one attached hydrogen (secondary N) is 1. The second-order valence-electron chi connectivity index (χ2n) is 3.27. The maximum atomic E-state index is 5.90. The Morgan fingerprint density at radius 1 is 1.50 bits per heavy atom. The van der Waals surface area contributed by atoms with E-state index in [0.29, 0.717) is 12.6 Å². The minimum atomic E-state index is 0.346. The standard InChI is InChI=1S/C11H16ClNO/c1-13-11(8-14-2)7-9-4-3-5-10(12)6-9/h3-6,11,13H,7-8H2,1-2H3. The van der Waals surface area contributed by atoms with Gasteiger partial charge in [0.25, 0.3) is 0 Å². The number of methoxy groups -OCH3 is 1. The van der Waals surface area contributed by atoms with Crippen molar-refractivity contribution in [3.05, 3.63) is 34.9 Å². The molecule has 3 heteroatoms. The summed E-state index contributed by atoms with van der Waals surface area (Å²) in [4.78, 5) is 0. The average Bonchev–Trinajstić information content (AvgIpc) is 2.17. The fraction of sp³-hybridized carbons (Fsp3) is 0.455. The predicted octanol–water partition coefficient (Wildman–Crippen LogP) is 2.12. The summed E-state index contributed by atoms with van der Waals surface area (Å²) in [6.45, 7) is 0.711. The molecule has 2 nitrogen and oxygen atoms in total. The molecular formula is C11H16ClNO. The molecule has 1 N–H and O–H groups in total. The fourth-order valence-electron chi connectivity index (χ4n) is 1.39. The molecule has 0 saturated carbocycles. The summed E-state index contributed by atoms with van der Waals surface area (Å²) in [5.74, 6) is 0. The highest BCUT2D eigenvalue weighted by Gasteiger charge is 2.06. The zero-order valence-electron chi connectivity index (χ0n) is 8.59. The van der Waals surface area contributed by atoms with E-state index < -0.39 is 0 Å². The summed E-state index contributed by atoms with van der Waals surface area (Å²) in [6.07, 6.45) is 0.935. The van der Waals surface area contributed by atoms with Crippen molar-refractivity contribution < 1.29 is 4.74 Å². The van der Waals surface area contributed by atoms with Crippen LogP contribution in [0.4, 0.5) is 0 Å². The minimum absolute atomic E-state index is 0.346. The van der Waals surface area contributed by atoms with Gasteiger partial charge in [-0.05, 0) is 31.2 Å². The van der Waals surface area contributed by atoms with E-state index in [1.807, 2.05) is 25.2 Å². The van der Waals surface area contributed by atoms with Crippen LogP contribution in [0.1, 0.15) is 5.56 Å². The molecule has 0 saturated heterocycles. The van der Waals surface area contributed by atoms with Gasteiger partial charge in [-0.3, -0.25) is 0 Å². The van der Waals surface area contributed by atoms with Crippen LogP contribution < -0.4 is 5.32 Å². The molecule has 1 aromatic carbocycles. The van der Waals surface area contributed by atoms with Gasteiger partial charge in [-0.1, -0.05) is 23.7 Å². The lowest BCUT2D eigenvalue weighted by Gasteiger charge is -2.14. The lowest BCUT2D eigenvalue weighted by atomic mass is 10.1. The van der Waals surface area contributed by atoms with Crippen LogP contribution in [0.2, 0.25) is 5.02 Å². The van der Waals surface area contributed by atoms with Crippen molar-refractivity contribution in [2.24, 2.45) is 0 Å². The highest BCUT2D eigenvalue weighted by Crippen LogP contribution is 2.12. The van der Waals surface area contributed by atoms with E-state index in [0.717, 1.165) is 11.4 Å². The zero-order chi connectivity index (χ0) is 10.4. The van der Waals surface area contributed by atoms with Crippen LogP contribution in [0.25, 0.3) is 0 Å². The molecule has 0 aliphatic carbocycles. The third-order valence-electron chi connectivity index (χ3n) is 2.15. The molecule has 0 fully saturated rings. The number of halogens is 1. The number of benzene rings is 1. The molecule has 0 aliphatic rings. The second kappa shape index (κ2) is 6.02. The lowest BCUT2D eigenvalue weighted by molar-refractivity contribution is 0.169. The molecule has 0 radical (unpaired) electrons. The Bertz CT molecular complexity index is 278. The van der Waals surface area contributed by atoms with Crippen LogP contribution in [0.5, 0.6) is 0 Å². The topological polar surface area (TPSA) is 21.3 Å². The molecule has 1 aromatic rings. The van der Waals surface area contributed by atoms with Crippen molar-refractivity contribution in [1.82, 2.24) is 5.32 Å². The normalized spacial score (nSPS) is 12.8. The zero-order valence-corrected chi connectivity index (χ0v) is 9.34. The number of hydrogen-bond acceptors (Lipinski definition) is 2. The minimum Gasteiger partial charge on any atom is -0.383 e. The monoisotopic (exact) mass is 213 g/mol. The van der Waals surface area contributed by atoms with Crippen LogP contribution >= 0.6 is 11.6 Å². The maximum Gasteiger partial charge on any atom is 0.0618 e. The first-order chi connectivity index (χ1) is 6.76. The van der Waals surface area contributed by atoms with E-state index in [1.54, 1.807) is 7.11 Å². The van der Waals surface area contributed by atoms with E-state index in [9.17, 15) is 0 Å². The molecule has 0 aliphatic heterocycles. The predicted molar refractivity (Wildman–Crippen MR) is 59.9 cm³/mol. The second-order valence-corrected chi connectivity index (χ2v) is 3.71. The van der Waals surface area contributed by atoms with Crippen LogP contribution in [0.15, 0.2) is 24.3 Å². The van der Waals surface area contributed by atoms with E-state index in [1.165, 1.54) is 5.56 Å². The first-order valence-electron chi connectivity index (χ1n) is 4.67. The molecule has 0 bridgehead atoms. The summed E-state index contributed by atoms with van der Waals surface area (Å²) < 4.78 is 5.10. The molecule has 0 aromatic heterocycles. The number of hydrogen-bond donors (Lipinski definition) is 1. The summed E-state index contributed by atoms with van der Waals surface area (Å²) in [6, 6.07) is 8.26. The molecule has 0 spiro atoms. The lowest BCUT2D eigenvalue weighted by Crippen LogP contribution is -2.32. The summed E-state index contributed by atoms with van der Waals surface area (Å²) in [7, 11) is 3.65. The van der Waals surface area contributed by atoms with Gasteiger partial charge in [0.05, 0.1) is 6.61 Å². The van der Waals surface area contributed by atoms with Crippen LogP contribution in [0, 0.1) is 0 Å². The van der Waals surface area contributed by atoms with Crippen LogP contribution in [-0.4, -0.2) is 26.8 Å². The van der Waals surface area contributed by atoms with Gasteiger partial charge < -0.3 is 10.1 Å². The van der Waals surface area contributed by atoms with Gasteiger partial charge in [0, 0.05) is 18.2 Å². The van der Waals surface area contributed by atoms with E-state index in [2.05, 4.69) is 11.4 Å². The van der Waals surface area contributed by atoms with Gasteiger partial charge in [0.1, 0.15) is 0 Å². The quantitative estimate of drug-likeness (QED) is 0.809. The maximum absolute atomic E-state index is 5.90. The van der Waals surface area contributed by atoms with Gasteiger partial charge in [-0.25, -0.2) is 0 Å². The molecule has 78 valence electrons. The molecule has 1 unspecified atom stereocenters. The van der Waals surface area contributed by atoms with E-state index in [4.69, 9.17) is 16.3 Å². The Hall–Kier alpha value is -0.570. The SMILES string of the molecule is CNC(COC)Cc1cccc(Cl)c1. The molecule has 14 heavy (non-hydrogen) atoms. The molecule has 1 atom stereocenters. The number of ether oxygens (including phenoxy) is 1. The molecular weight excluding hydrogens is 198 g/mol. The Labute approximate surface area is 90.2 Å². The van der Waals surface area contributed by atoms with Gasteiger partial charge in [-0.2, -0.15) is 0 Å². The average molecular weight is 214 g/mol. The Kier molecular flexibility index (Phi) is 4.94. The first kappa shape index (κ1) is 11.5. The fourth-order valence-corrected chi connectivity index (χ4v) is 1.61. The first-order valence-corrected chi connectivity index (χ1v) is 5.04. The molecule has 0 heterocycles. The van der Waals surface area contributed by atoms with E-state index >= 15 is 0 Å². The summed E-state index contributed by atoms with van der Waals surface area (Å²) >= 11 is 5.90. The molecule has 0 amide bonds. The third kappa shape index (κ3) is 3.66. The van der Waals surface area contributed by atoms with Crippen molar-refractivity contribution in [2.75, 3.05) is 20.8 Å². The summed E-state index contributed by atoms with van der Waals surface area (Å²) in [5.41, 5.74) is 1.23. The highest BCUT2D eigenvalue weighted by molar-refractivity contribution is 6.30. The van der Waals surface area contributed by atoms with Gasteiger partial charge >= 0.3 is 0 Å². The van der Waals surface area contributed by atoms with Crippen molar-refractivity contribution in [3.8, 4) is 0 Å². The van der Waals surface area contributed by atoms with Crippen LogP contribution in [0.3, 0.4) is 0 Å². The van der Waals surface area contributed by atoms with Gasteiger partial charge in [-0.15, -0.1) is 0 Å². The Morgan fingerprint density at radius 3 is 2.86 bits per heavy atom. The van der Waals surface area contributed by atoms with Gasteiger partial charge in [0.15, 0.2) is 0 Å². The van der Waals surface area contributed by atoms with Crippen molar-refractivity contribution in [2.45, 2.75) is 12.5 Å². The van der Waals surface area contributed by atoms with Crippen LogP contribution in [-0.2, 0) is 11.2 Å². The van der Waals surface area contributed by atoms with Crippen molar-refractivity contribution >= 4 is 11.6 Å². The van der Waals surface area contributed by atoms with Crippen molar-refractivity contribution in [1.29, 1.82) is 0 Å². The highest BCUT2D eigenvalue weighted by atomic mass is 35.5. The third-order valence-corrected chi connectivity index (χ3v) is 2.38. The smallest absolute Gasteiger partial charge is 0.0618 e. The number of likely N-dealkylation sites (N-methyl/N-ethyl adjacent to an activating group) is 1. The largest absolute Gasteiger partial charge is 0.383 e. The Morgan fingerprint density at radius 2 is 2.29 bits per heavy atom. The van der Waals surface area contributed by atoms with Crippen molar-refractivity contribution in [3.63, 3.8) is 0 Å². The molecule has 1 rings (SSSR count). The summed E-state index contributed by atoms with van der Waals surface area (Å²) in [5, 5.41) is 3.99. The van der Waals surface area contributed by atoms with Gasteiger partial charge in [0.2, 0.25) is 0 Å². The van der Waals surface area contributed by atoms with E-state index in [-0.39, 0.29) is 0 Å². The Balaban J connectivity index is 2.57. The number of rotatable bonds is 5.